The Morgan fingerprint density at radius 1 is 1.07 bits per heavy atom. The van der Waals surface area contributed by atoms with Gasteiger partial charge in [0.1, 0.15) is 24.4 Å². The Bertz CT molecular complexity index is 195. The van der Waals surface area contributed by atoms with Gasteiger partial charge in [0.2, 0.25) is 0 Å². The van der Waals surface area contributed by atoms with E-state index in [9.17, 15) is 0 Å². The lowest BCUT2D eigenvalue weighted by Crippen LogP contribution is -2.34. The highest BCUT2D eigenvalue weighted by Gasteiger charge is 2.48. The minimum absolute atomic E-state index is 0.0577. The van der Waals surface area contributed by atoms with Crippen molar-refractivity contribution in [3.05, 3.63) is 0 Å². The summed E-state index contributed by atoms with van der Waals surface area (Å²) < 4.78 is 22.2. The second kappa shape index (κ2) is 4.14. The fraction of sp³-hybridized carbons (Fsp3) is 1.00. The summed E-state index contributed by atoms with van der Waals surface area (Å²) in [7, 11) is 1.69. The molecule has 4 nitrogen and oxygen atoms in total. The molecule has 4 heteroatoms. The van der Waals surface area contributed by atoms with Crippen molar-refractivity contribution < 1.29 is 18.9 Å². The lowest BCUT2D eigenvalue weighted by atomic mass is 10.1. The van der Waals surface area contributed by atoms with Crippen molar-refractivity contribution in [1.82, 2.24) is 0 Å². The molecule has 2 heterocycles. The second-order valence-corrected chi connectivity index (χ2v) is 4.09. The molecule has 2 fully saturated rings. The largest absolute Gasteiger partial charge is 0.376 e. The molecule has 0 aromatic carbocycles. The van der Waals surface area contributed by atoms with Crippen molar-refractivity contribution in [3.8, 4) is 0 Å². The molecular formula is C10H18O4. The summed E-state index contributed by atoms with van der Waals surface area (Å²) in [4.78, 5) is 0. The molecule has 0 aromatic heterocycles. The highest BCUT2D eigenvalue weighted by atomic mass is 16.6. The maximum atomic E-state index is 5.71. The summed E-state index contributed by atoms with van der Waals surface area (Å²) >= 11 is 0. The van der Waals surface area contributed by atoms with E-state index in [1.807, 2.05) is 13.8 Å². The minimum atomic E-state index is 0.0577. The third kappa shape index (κ3) is 1.80. The van der Waals surface area contributed by atoms with Gasteiger partial charge in [-0.1, -0.05) is 0 Å². The molecule has 0 aliphatic carbocycles. The topological polar surface area (TPSA) is 36.9 Å². The smallest absolute Gasteiger partial charge is 0.115 e. The molecule has 0 aromatic rings. The summed E-state index contributed by atoms with van der Waals surface area (Å²) in [5, 5.41) is 0. The third-order valence-electron chi connectivity index (χ3n) is 2.71. The predicted octanol–water partition coefficient (Wildman–Crippen LogP) is 0.593. The van der Waals surface area contributed by atoms with Crippen LogP contribution in [0.25, 0.3) is 0 Å². The molecule has 0 amide bonds. The molecule has 2 aliphatic rings. The van der Waals surface area contributed by atoms with Crippen molar-refractivity contribution in [2.45, 2.75) is 44.4 Å². The first-order chi connectivity index (χ1) is 6.72. The van der Waals surface area contributed by atoms with Gasteiger partial charge in [0.25, 0.3) is 0 Å². The Hall–Kier alpha value is -0.160. The Balaban J connectivity index is 1.94. The molecule has 14 heavy (non-hydrogen) atoms. The van der Waals surface area contributed by atoms with Crippen LogP contribution < -0.4 is 0 Å². The first-order valence-corrected chi connectivity index (χ1v) is 5.14. The van der Waals surface area contributed by atoms with Gasteiger partial charge in [-0.25, -0.2) is 0 Å². The summed E-state index contributed by atoms with van der Waals surface area (Å²) in [6.07, 6.45) is 0.472. The van der Waals surface area contributed by atoms with Crippen molar-refractivity contribution in [2.75, 3.05) is 20.3 Å². The van der Waals surface area contributed by atoms with Gasteiger partial charge in [0.05, 0.1) is 19.3 Å². The molecule has 4 atom stereocenters. The summed E-state index contributed by atoms with van der Waals surface area (Å²) in [5.74, 6) is 0. The van der Waals surface area contributed by atoms with E-state index in [4.69, 9.17) is 18.9 Å². The number of fused-ring (bicyclic) bond motifs is 1. The molecule has 82 valence electrons. The standard InChI is InChI=1S/C10H18O4/c1-6(2)14-8-5-13-9-7(11-3)4-12-10(8)9/h6-10H,4-5H2,1-3H3/t7?,8?,9-,10-/m1/s1. The number of rotatable bonds is 3. The monoisotopic (exact) mass is 202 g/mol. The molecule has 0 N–H and O–H groups in total. The maximum absolute atomic E-state index is 5.71. The third-order valence-corrected chi connectivity index (χ3v) is 2.71. The summed E-state index contributed by atoms with van der Waals surface area (Å²) in [6, 6.07) is 0. The van der Waals surface area contributed by atoms with Gasteiger partial charge >= 0.3 is 0 Å². The van der Waals surface area contributed by atoms with Gasteiger partial charge in [-0.15, -0.1) is 0 Å². The number of hydrogen-bond donors (Lipinski definition) is 0. The van der Waals surface area contributed by atoms with Crippen LogP contribution in [0.1, 0.15) is 13.8 Å². The van der Waals surface area contributed by atoms with Crippen LogP contribution in [0, 0.1) is 0 Å². The first kappa shape index (κ1) is 10.4. The van der Waals surface area contributed by atoms with Crippen LogP contribution >= 0.6 is 0 Å². The van der Waals surface area contributed by atoms with Gasteiger partial charge in [0, 0.05) is 7.11 Å². The van der Waals surface area contributed by atoms with E-state index >= 15 is 0 Å². The highest BCUT2D eigenvalue weighted by Crippen LogP contribution is 2.30. The van der Waals surface area contributed by atoms with Crippen LogP contribution in [0.4, 0.5) is 0 Å². The van der Waals surface area contributed by atoms with Crippen LogP contribution in [0.5, 0.6) is 0 Å². The first-order valence-electron chi connectivity index (χ1n) is 5.14. The number of ether oxygens (including phenoxy) is 4. The zero-order chi connectivity index (χ0) is 10.1. The van der Waals surface area contributed by atoms with E-state index in [2.05, 4.69) is 0 Å². The average molecular weight is 202 g/mol. The molecule has 0 spiro atoms. The number of hydrogen-bond acceptors (Lipinski definition) is 4. The molecule has 2 unspecified atom stereocenters. The van der Waals surface area contributed by atoms with Gasteiger partial charge in [-0.2, -0.15) is 0 Å². The molecule has 0 bridgehead atoms. The van der Waals surface area contributed by atoms with Crippen LogP contribution in [-0.4, -0.2) is 50.8 Å². The van der Waals surface area contributed by atoms with Crippen LogP contribution in [0.3, 0.4) is 0 Å². The maximum Gasteiger partial charge on any atom is 0.115 e. The zero-order valence-electron chi connectivity index (χ0n) is 8.93. The van der Waals surface area contributed by atoms with E-state index in [1.54, 1.807) is 7.11 Å². The Kier molecular flexibility index (Phi) is 3.07. The Labute approximate surface area is 84.5 Å². The fourth-order valence-corrected chi connectivity index (χ4v) is 2.10. The Morgan fingerprint density at radius 3 is 2.21 bits per heavy atom. The molecule has 2 rings (SSSR count). The van der Waals surface area contributed by atoms with Gasteiger partial charge < -0.3 is 18.9 Å². The molecule has 2 aliphatic heterocycles. The van der Waals surface area contributed by atoms with Crippen molar-refractivity contribution in [2.24, 2.45) is 0 Å². The van der Waals surface area contributed by atoms with Crippen molar-refractivity contribution in [1.29, 1.82) is 0 Å². The van der Waals surface area contributed by atoms with E-state index in [0.29, 0.717) is 13.2 Å². The van der Waals surface area contributed by atoms with Gasteiger partial charge in [-0.3, -0.25) is 0 Å². The molecule has 2 saturated heterocycles. The lowest BCUT2D eigenvalue weighted by molar-refractivity contribution is -0.0629. The van der Waals surface area contributed by atoms with Crippen molar-refractivity contribution >= 4 is 0 Å². The second-order valence-electron chi connectivity index (χ2n) is 4.09. The van der Waals surface area contributed by atoms with E-state index < -0.39 is 0 Å². The normalized spacial score (nSPS) is 42.0. The number of methoxy groups -OCH3 is 1. The van der Waals surface area contributed by atoms with E-state index in [0.717, 1.165) is 0 Å². The summed E-state index contributed by atoms with van der Waals surface area (Å²) in [5.41, 5.74) is 0. The van der Waals surface area contributed by atoms with Crippen molar-refractivity contribution in [3.63, 3.8) is 0 Å². The van der Waals surface area contributed by atoms with Crippen LogP contribution in [-0.2, 0) is 18.9 Å². The average Bonchev–Trinajstić information content (AvgIpc) is 2.67. The molecule has 0 radical (unpaired) electrons. The van der Waals surface area contributed by atoms with E-state index in [1.165, 1.54) is 0 Å². The van der Waals surface area contributed by atoms with Gasteiger partial charge in [0.15, 0.2) is 0 Å². The minimum Gasteiger partial charge on any atom is -0.376 e. The lowest BCUT2D eigenvalue weighted by Gasteiger charge is -2.18. The highest BCUT2D eigenvalue weighted by molar-refractivity contribution is 4.95. The van der Waals surface area contributed by atoms with Crippen LogP contribution in [0.15, 0.2) is 0 Å². The fourth-order valence-electron chi connectivity index (χ4n) is 2.10. The molecular weight excluding hydrogens is 184 g/mol. The quantitative estimate of drug-likeness (QED) is 0.671. The van der Waals surface area contributed by atoms with Gasteiger partial charge in [-0.05, 0) is 13.8 Å². The Morgan fingerprint density at radius 2 is 1.64 bits per heavy atom. The molecule has 0 saturated carbocycles. The van der Waals surface area contributed by atoms with Crippen LogP contribution in [0.2, 0.25) is 0 Å². The summed E-state index contributed by atoms with van der Waals surface area (Å²) in [6.45, 7) is 5.28. The predicted molar refractivity (Wildman–Crippen MR) is 50.3 cm³/mol. The van der Waals surface area contributed by atoms with E-state index in [-0.39, 0.29) is 30.5 Å². The SMILES string of the molecule is COC1CO[C@@H]2C(OC(C)C)CO[C@H]12. The zero-order valence-corrected chi connectivity index (χ0v) is 8.93.